The average Bonchev–Trinajstić information content (AvgIpc) is 2.78. The van der Waals surface area contributed by atoms with E-state index in [4.69, 9.17) is 4.74 Å². The second kappa shape index (κ2) is 9.92. The van der Waals surface area contributed by atoms with Crippen molar-refractivity contribution < 1.29 is 19.2 Å². The third-order valence-corrected chi connectivity index (χ3v) is 5.11. The maximum absolute atomic E-state index is 12.3. The number of carbonyl (C=O) groups excluding carboxylic acids is 2. The third kappa shape index (κ3) is 5.71. The Hall–Kier alpha value is -3.62. The molecule has 1 saturated heterocycles. The van der Waals surface area contributed by atoms with Crippen molar-refractivity contribution in [2.75, 3.05) is 48.9 Å². The fourth-order valence-corrected chi connectivity index (χ4v) is 3.45. The number of ether oxygens (including phenoxy) is 1. The smallest absolute Gasteiger partial charge is 0.338 e. The molecule has 0 atom stereocenters. The Kier molecular flexibility index (Phi) is 7.07. The first-order valence-corrected chi connectivity index (χ1v) is 10.1. The van der Waals surface area contributed by atoms with Crippen molar-refractivity contribution in [2.45, 2.75) is 19.3 Å². The number of benzene rings is 2. The van der Waals surface area contributed by atoms with Crippen molar-refractivity contribution in [1.29, 1.82) is 0 Å². The number of nitrogens with zero attached hydrogens (tertiary/aromatic N) is 3. The number of nitro benzene ring substituents is 1. The highest BCUT2D eigenvalue weighted by molar-refractivity contribution is 5.96. The van der Waals surface area contributed by atoms with Crippen LogP contribution in [0.2, 0.25) is 0 Å². The lowest BCUT2D eigenvalue weighted by Gasteiger charge is -2.28. The summed E-state index contributed by atoms with van der Waals surface area (Å²) in [4.78, 5) is 39.4. The maximum Gasteiger partial charge on any atom is 0.338 e. The number of nitro groups is 1. The summed E-state index contributed by atoms with van der Waals surface area (Å²) >= 11 is 0. The second-order valence-corrected chi connectivity index (χ2v) is 7.57. The zero-order valence-electron chi connectivity index (χ0n) is 17.7. The standard InChI is InChI=1S/C22H26N4O5/c1-24(2)18-9-7-17(8-10-18)23-21(27)15-31-22(28)16-6-11-19(20(14-16)26(29)30)25-12-4-3-5-13-25/h6-11,14H,3-5,12-13,15H2,1-2H3,(H,23,27). The van der Waals surface area contributed by atoms with Gasteiger partial charge in [0.05, 0.1) is 10.5 Å². The monoisotopic (exact) mass is 426 g/mol. The molecule has 31 heavy (non-hydrogen) atoms. The zero-order chi connectivity index (χ0) is 22.4. The Bertz CT molecular complexity index is 953. The van der Waals surface area contributed by atoms with Gasteiger partial charge >= 0.3 is 5.97 Å². The molecule has 9 heteroatoms. The Morgan fingerprint density at radius 3 is 2.39 bits per heavy atom. The summed E-state index contributed by atoms with van der Waals surface area (Å²) in [6.07, 6.45) is 3.07. The van der Waals surface area contributed by atoms with Crippen molar-refractivity contribution in [3.8, 4) is 0 Å². The molecule has 1 aliphatic heterocycles. The highest BCUT2D eigenvalue weighted by Crippen LogP contribution is 2.31. The van der Waals surface area contributed by atoms with Crippen LogP contribution < -0.4 is 15.1 Å². The average molecular weight is 426 g/mol. The van der Waals surface area contributed by atoms with E-state index < -0.39 is 23.4 Å². The van der Waals surface area contributed by atoms with Gasteiger partial charge in [0.1, 0.15) is 5.69 Å². The second-order valence-electron chi connectivity index (χ2n) is 7.57. The van der Waals surface area contributed by atoms with Crippen molar-refractivity contribution in [3.05, 3.63) is 58.1 Å². The lowest BCUT2D eigenvalue weighted by molar-refractivity contribution is -0.384. The van der Waals surface area contributed by atoms with Crippen LogP contribution in [-0.4, -0.2) is 50.6 Å². The van der Waals surface area contributed by atoms with Gasteiger partial charge in [0.15, 0.2) is 6.61 Å². The van der Waals surface area contributed by atoms with E-state index in [1.54, 1.807) is 18.2 Å². The predicted molar refractivity (Wildman–Crippen MR) is 119 cm³/mol. The summed E-state index contributed by atoms with van der Waals surface area (Å²) in [6, 6.07) is 11.5. The fraction of sp³-hybridized carbons (Fsp3) is 0.364. The molecule has 0 radical (unpaired) electrons. The molecule has 2 aromatic rings. The SMILES string of the molecule is CN(C)c1ccc(NC(=O)COC(=O)c2ccc(N3CCCCC3)c([N+](=O)[O-])c2)cc1. The summed E-state index contributed by atoms with van der Waals surface area (Å²) in [5.41, 5.74) is 1.96. The molecular weight excluding hydrogens is 400 g/mol. The van der Waals surface area contributed by atoms with Gasteiger partial charge in [0.25, 0.3) is 11.6 Å². The van der Waals surface area contributed by atoms with Crippen LogP contribution in [0.5, 0.6) is 0 Å². The largest absolute Gasteiger partial charge is 0.452 e. The van der Waals surface area contributed by atoms with Crippen molar-refractivity contribution in [1.82, 2.24) is 0 Å². The number of hydrogen-bond donors (Lipinski definition) is 1. The van der Waals surface area contributed by atoms with Crippen LogP contribution in [0.4, 0.5) is 22.7 Å². The van der Waals surface area contributed by atoms with Gasteiger partial charge in [-0.15, -0.1) is 0 Å². The molecule has 0 spiro atoms. The molecule has 1 fully saturated rings. The lowest BCUT2D eigenvalue weighted by Crippen LogP contribution is -2.30. The molecule has 1 heterocycles. The molecular formula is C22H26N4O5. The minimum Gasteiger partial charge on any atom is -0.452 e. The quantitative estimate of drug-likeness (QED) is 0.411. The Balaban J connectivity index is 1.61. The first-order valence-electron chi connectivity index (χ1n) is 10.1. The predicted octanol–water partition coefficient (Wildman–Crippen LogP) is 3.45. The van der Waals surface area contributed by atoms with Crippen LogP contribution >= 0.6 is 0 Å². The normalized spacial score (nSPS) is 13.4. The number of hydrogen-bond acceptors (Lipinski definition) is 7. The number of rotatable bonds is 7. The molecule has 0 aliphatic carbocycles. The molecule has 0 saturated carbocycles. The van der Waals surface area contributed by atoms with Gasteiger partial charge in [0, 0.05) is 44.6 Å². The van der Waals surface area contributed by atoms with Gasteiger partial charge in [-0.05, 0) is 55.7 Å². The Labute approximate surface area is 180 Å². The first kappa shape index (κ1) is 22.1. The zero-order valence-corrected chi connectivity index (χ0v) is 17.7. The summed E-state index contributed by atoms with van der Waals surface area (Å²) in [5.74, 6) is -1.28. The molecule has 0 unspecified atom stereocenters. The summed E-state index contributed by atoms with van der Waals surface area (Å²) in [7, 11) is 3.83. The fourth-order valence-electron chi connectivity index (χ4n) is 3.45. The number of nitrogens with one attached hydrogen (secondary N) is 1. The van der Waals surface area contributed by atoms with Crippen LogP contribution in [-0.2, 0) is 9.53 Å². The summed E-state index contributed by atoms with van der Waals surface area (Å²) < 4.78 is 5.05. The number of piperidine rings is 1. The molecule has 1 N–H and O–H groups in total. The first-order chi connectivity index (χ1) is 14.8. The molecule has 164 valence electrons. The van der Waals surface area contributed by atoms with Gasteiger partial charge in [-0.1, -0.05) is 0 Å². The Morgan fingerprint density at radius 2 is 1.77 bits per heavy atom. The van der Waals surface area contributed by atoms with Crippen LogP contribution in [0.1, 0.15) is 29.6 Å². The van der Waals surface area contributed by atoms with E-state index in [0.29, 0.717) is 11.4 Å². The Morgan fingerprint density at radius 1 is 1.10 bits per heavy atom. The molecule has 9 nitrogen and oxygen atoms in total. The number of amides is 1. The highest BCUT2D eigenvalue weighted by Gasteiger charge is 2.23. The molecule has 3 rings (SSSR count). The van der Waals surface area contributed by atoms with Crippen molar-refractivity contribution >= 4 is 34.6 Å². The van der Waals surface area contributed by atoms with Crippen molar-refractivity contribution in [2.24, 2.45) is 0 Å². The molecule has 1 amide bonds. The van der Waals surface area contributed by atoms with Crippen molar-refractivity contribution in [3.63, 3.8) is 0 Å². The summed E-state index contributed by atoms with van der Waals surface area (Å²) in [6.45, 7) is 1.01. The van der Waals surface area contributed by atoms with Gasteiger partial charge in [-0.25, -0.2) is 4.79 Å². The van der Waals surface area contributed by atoms with Crippen LogP contribution in [0.3, 0.4) is 0 Å². The molecule has 1 aliphatic rings. The van der Waals surface area contributed by atoms with Gasteiger partial charge < -0.3 is 19.9 Å². The van der Waals surface area contributed by atoms with Crippen LogP contribution in [0.25, 0.3) is 0 Å². The lowest BCUT2D eigenvalue weighted by atomic mass is 10.1. The minimum absolute atomic E-state index is 0.0376. The van der Waals surface area contributed by atoms with Crippen LogP contribution in [0.15, 0.2) is 42.5 Å². The maximum atomic E-state index is 12.3. The molecule has 0 aromatic heterocycles. The molecule has 2 aromatic carbocycles. The number of esters is 1. The summed E-state index contributed by atoms with van der Waals surface area (Å²) in [5, 5.41) is 14.2. The van der Waals surface area contributed by atoms with E-state index in [1.165, 1.54) is 12.1 Å². The number of carbonyl (C=O) groups is 2. The highest BCUT2D eigenvalue weighted by atomic mass is 16.6. The van der Waals surface area contributed by atoms with E-state index in [2.05, 4.69) is 5.32 Å². The third-order valence-electron chi connectivity index (χ3n) is 5.11. The van der Waals surface area contributed by atoms with Gasteiger partial charge in [-0.3, -0.25) is 14.9 Å². The van der Waals surface area contributed by atoms with Gasteiger partial charge in [-0.2, -0.15) is 0 Å². The minimum atomic E-state index is -0.786. The van der Waals surface area contributed by atoms with Crippen LogP contribution in [0, 0.1) is 10.1 Å². The topological polar surface area (TPSA) is 105 Å². The van der Waals surface area contributed by atoms with E-state index in [1.807, 2.05) is 36.0 Å². The number of anilines is 3. The molecule has 0 bridgehead atoms. The van der Waals surface area contributed by atoms with E-state index in [-0.39, 0.29) is 11.3 Å². The van der Waals surface area contributed by atoms with E-state index >= 15 is 0 Å². The van der Waals surface area contributed by atoms with Gasteiger partial charge in [0.2, 0.25) is 0 Å². The van der Waals surface area contributed by atoms with E-state index in [0.717, 1.165) is 38.0 Å². The van der Waals surface area contributed by atoms with E-state index in [9.17, 15) is 19.7 Å².